The van der Waals surface area contributed by atoms with Crippen molar-refractivity contribution in [1.82, 2.24) is 25.6 Å². The molecule has 0 bridgehead atoms. The largest absolute Gasteiger partial charge is 0.465 e. The first-order valence-corrected chi connectivity index (χ1v) is 18.7. The molecule has 0 aliphatic heterocycles. The van der Waals surface area contributed by atoms with Crippen molar-refractivity contribution in [1.29, 1.82) is 0 Å². The summed E-state index contributed by atoms with van der Waals surface area (Å²) in [5.74, 6) is -3.98. The SMILES string of the molecule is COC(=O)c1ccc2c(-c3nc(N[C@H]4CC[C@H](NCCC(F)(F)CNC(=O)OCc5ccccc5)C4)ncc3C(F)(F)F)c[nH]c2c1P(C)(C)=O. The van der Waals surface area contributed by atoms with E-state index in [1.165, 1.54) is 38.8 Å². The van der Waals surface area contributed by atoms with Gasteiger partial charge in [0.25, 0.3) is 5.92 Å². The Bertz CT molecular complexity index is 1920. The van der Waals surface area contributed by atoms with Crippen LogP contribution in [0.4, 0.5) is 32.7 Å². The number of amides is 1. The number of aromatic nitrogens is 3. The number of nitrogens with one attached hydrogen (secondary N) is 4. The molecule has 2 heterocycles. The lowest BCUT2D eigenvalue weighted by atomic mass is 10.0. The summed E-state index contributed by atoms with van der Waals surface area (Å²) in [5.41, 5.74) is -0.440. The van der Waals surface area contributed by atoms with Gasteiger partial charge in [-0.15, -0.1) is 0 Å². The highest BCUT2D eigenvalue weighted by Gasteiger charge is 2.37. The highest BCUT2D eigenvalue weighted by molar-refractivity contribution is 7.70. The lowest BCUT2D eigenvalue weighted by Gasteiger charge is -2.19. The van der Waals surface area contributed by atoms with E-state index in [4.69, 9.17) is 9.47 Å². The number of hydrogen-bond acceptors (Lipinski definition) is 9. The average molecular weight is 737 g/mol. The summed E-state index contributed by atoms with van der Waals surface area (Å²) in [6, 6.07) is 11.2. The second-order valence-corrected chi connectivity index (χ2v) is 15.9. The van der Waals surface area contributed by atoms with Gasteiger partial charge in [-0.25, -0.2) is 28.3 Å². The normalized spacial score (nSPS) is 16.6. The molecule has 17 heteroatoms. The molecule has 2 aromatic carbocycles. The van der Waals surface area contributed by atoms with E-state index in [0.717, 1.165) is 5.56 Å². The highest BCUT2D eigenvalue weighted by Crippen LogP contribution is 2.43. The van der Waals surface area contributed by atoms with Crippen LogP contribution in [0.15, 0.2) is 54.9 Å². The fraction of sp³-hybridized carbons (Fsp3) is 0.412. The molecule has 1 amide bonds. The van der Waals surface area contributed by atoms with E-state index in [1.807, 2.05) is 0 Å². The van der Waals surface area contributed by atoms with Crippen molar-refractivity contribution >= 4 is 41.4 Å². The maximum Gasteiger partial charge on any atom is 0.419 e. The maximum absolute atomic E-state index is 14.4. The van der Waals surface area contributed by atoms with Gasteiger partial charge in [0.15, 0.2) is 0 Å². The van der Waals surface area contributed by atoms with Gasteiger partial charge in [0.05, 0.1) is 30.4 Å². The second kappa shape index (κ2) is 15.4. The molecule has 1 aliphatic rings. The van der Waals surface area contributed by atoms with E-state index in [0.29, 0.717) is 25.5 Å². The number of carbonyl (C=O) groups is 2. The van der Waals surface area contributed by atoms with Crippen molar-refractivity contribution in [3.8, 4) is 11.3 Å². The van der Waals surface area contributed by atoms with Crippen LogP contribution in [0.25, 0.3) is 22.2 Å². The molecule has 274 valence electrons. The van der Waals surface area contributed by atoms with Gasteiger partial charge in [0, 0.05) is 53.7 Å². The van der Waals surface area contributed by atoms with Crippen LogP contribution in [0, 0.1) is 0 Å². The Kier molecular flexibility index (Phi) is 11.3. The first kappa shape index (κ1) is 37.7. The maximum atomic E-state index is 14.4. The minimum atomic E-state index is -4.81. The number of benzene rings is 2. The van der Waals surface area contributed by atoms with Crippen LogP contribution in [0.2, 0.25) is 0 Å². The smallest absolute Gasteiger partial charge is 0.419 e. The van der Waals surface area contributed by atoms with Gasteiger partial charge in [0.1, 0.15) is 19.3 Å². The van der Waals surface area contributed by atoms with Gasteiger partial charge in [-0.05, 0) is 44.2 Å². The van der Waals surface area contributed by atoms with E-state index < -0.39 is 55.5 Å². The van der Waals surface area contributed by atoms with Crippen LogP contribution in [-0.2, 0) is 26.8 Å². The highest BCUT2D eigenvalue weighted by atomic mass is 31.2. The first-order chi connectivity index (χ1) is 24.1. The number of esters is 1. The number of nitrogens with zero attached hydrogens (tertiary/aromatic N) is 2. The molecule has 0 saturated heterocycles. The summed E-state index contributed by atoms with van der Waals surface area (Å²) in [7, 11) is -1.96. The van der Waals surface area contributed by atoms with Gasteiger partial charge in [-0.2, -0.15) is 13.2 Å². The van der Waals surface area contributed by atoms with Crippen LogP contribution < -0.4 is 21.3 Å². The Labute approximate surface area is 290 Å². The van der Waals surface area contributed by atoms with Crippen LogP contribution in [0.1, 0.15) is 47.2 Å². The zero-order valence-corrected chi connectivity index (χ0v) is 29.0. The summed E-state index contributed by atoms with van der Waals surface area (Å²) in [5, 5.41) is 8.69. The number of anilines is 1. The molecule has 2 aromatic heterocycles. The standard InChI is InChI=1S/C34H38F5N6O5P/c1-49-30(46)24-12-11-23-25(16-41-28(23)29(24)51(2,3)48)27-26(34(37,38)39)17-42-31(45-27)44-22-10-9-21(15-22)40-14-13-33(35,36)19-43-32(47)50-18-20-7-5-4-6-8-20/h4-8,11-12,16-17,21-22,40-41H,9-10,13-15,18-19H2,1-3H3,(H,43,47)(H,42,44,45)/t21-,22-/m0/s1. The number of alkyl halides is 5. The molecule has 51 heavy (non-hydrogen) atoms. The Hall–Kier alpha value is -4.56. The first-order valence-electron chi connectivity index (χ1n) is 16.1. The number of aromatic amines is 1. The molecule has 11 nitrogen and oxygen atoms in total. The van der Waals surface area contributed by atoms with E-state index in [9.17, 15) is 36.1 Å². The topological polar surface area (TPSA) is 147 Å². The fourth-order valence-electron chi connectivity index (χ4n) is 6.08. The van der Waals surface area contributed by atoms with Crippen molar-refractivity contribution in [2.75, 3.05) is 38.8 Å². The lowest BCUT2D eigenvalue weighted by molar-refractivity contribution is -0.137. The number of ether oxygens (including phenoxy) is 2. The molecule has 1 saturated carbocycles. The number of rotatable bonds is 13. The number of alkyl carbamates (subject to hydrolysis) is 1. The van der Waals surface area contributed by atoms with Crippen LogP contribution in [-0.4, -0.2) is 78.5 Å². The molecule has 1 fully saturated rings. The number of halogens is 5. The Balaban J connectivity index is 1.21. The van der Waals surface area contributed by atoms with Crippen molar-refractivity contribution in [2.24, 2.45) is 0 Å². The average Bonchev–Trinajstić information content (AvgIpc) is 3.71. The van der Waals surface area contributed by atoms with Crippen molar-refractivity contribution in [2.45, 2.75) is 56.5 Å². The molecular weight excluding hydrogens is 698 g/mol. The van der Waals surface area contributed by atoms with Crippen LogP contribution in [0.5, 0.6) is 0 Å². The molecule has 0 radical (unpaired) electrons. The van der Waals surface area contributed by atoms with Gasteiger partial charge < -0.3 is 35.0 Å². The second-order valence-electron chi connectivity index (χ2n) is 12.7. The Morgan fingerprint density at radius 2 is 1.76 bits per heavy atom. The third kappa shape index (κ3) is 9.41. The van der Waals surface area contributed by atoms with Gasteiger partial charge >= 0.3 is 18.2 Å². The summed E-state index contributed by atoms with van der Waals surface area (Å²) >= 11 is 0. The van der Waals surface area contributed by atoms with E-state index in [1.54, 1.807) is 30.3 Å². The molecular formula is C34H38F5N6O5P. The van der Waals surface area contributed by atoms with Crippen LogP contribution in [0.3, 0.4) is 0 Å². The summed E-state index contributed by atoms with van der Waals surface area (Å²) in [6.45, 7) is 1.93. The molecule has 4 aromatic rings. The zero-order valence-electron chi connectivity index (χ0n) is 28.1. The zero-order chi connectivity index (χ0) is 37.0. The quantitative estimate of drug-likeness (QED) is 0.0682. The minimum absolute atomic E-state index is 0.0330. The molecule has 5 rings (SSSR count). The summed E-state index contributed by atoms with van der Waals surface area (Å²) in [6.07, 6.45) is -2.61. The summed E-state index contributed by atoms with van der Waals surface area (Å²) < 4.78 is 94.5. The predicted octanol–water partition coefficient (Wildman–Crippen LogP) is 6.55. The van der Waals surface area contributed by atoms with Crippen molar-refractivity contribution in [3.63, 3.8) is 0 Å². The Morgan fingerprint density at radius 3 is 2.45 bits per heavy atom. The number of fused-ring (bicyclic) bond motifs is 1. The van der Waals surface area contributed by atoms with E-state index in [2.05, 4.69) is 30.9 Å². The third-order valence-corrected chi connectivity index (χ3v) is 10.1. The monoisotopic (exact) mass is 736 g/mol. The van der Waals surface area contributed by atoms with Gasteiger partial charge in [-0.1, -0.05) is 36.4 Å². The Morgan fingerprint density at radius 1 is 1.04 bits per heavy atom. The fourth-order valence-corrected chi connectivity index (χ4v) is 7.55. The van der Waals surface area contributed by atoms with Gasteiger partial charge in [-0.3, -0.25) is 0 Å². The summed E-state index contributed by atoms with van der Waals surface area (Å²) in [4.78, 5) is 35.4. The van der Waals surface area contributed by atoms with Gasteiger partial charge in [0.2, 0.25) is 5.95 Å². The molecule has 2 atom stereocenters. The molecule has 4 N–H and O–H groups in total. The molecule has 0 unspecified atom stereocenters. The number of H-pyrrole nitrogens is 1. The molecule has 1 aliphatic carbocycles. The van der Waals surface area contributed by atoms with Crippen molar-refractivity contribution < 1.29 is 45.6 Å². The minimum Gasteiger partial charge on any atom is -0.465 e. The third-order valence-electron chi connectivity index (χ3n) is 8.52. The number of carbonyl (C=O) groups excluding carboxylic acids is 2. The number of methoxy groups -OCH3 is 1. The number of hydrogen-bond donors (Lipinski definition) is 4. The molecule has 0 spiro atoms. The predicted molar refractivity (Wildman–Crippen MR) is 182 cm³/mol. The van der Waals surface area contributed by atoms with E-state index >= 15 is 0 Å². The van der Waals surface area contributed by atoms with E-state index in [-0.39, 0.29) is 58.5 Å². The van der Waals surface area contributed by atoms with Crippen molar-refractivity contribution in [3.05, 3.63) is 71.5 Å². The lowest BCUT2D eigenvalue weighted by Crippen LogP contribution is -2.40. The van der Waals surface area contributed by atoms with Crippen LogP contribution >= 0.6 is 7.14 Å².